The monoisotopic (exact) mass is 608 g/mol. The molecule has 1 aromatic heterocycles. The van der Waals surface area contributed by atoms with Gasteiger partial charge in [-0.25, -0.2) is 8.42 Å². The lowest BCUT2D eigenvalue weighted by atomic mass is 9.89. The fourth-order valence-corrected chi connectivity index (χ4v) is 6.17. The summed E-state index contributed by atoms with van der Waals surface area (Å²) in [5, 5.41) is 19.7. The van der Waals surface area contributed by atoms with Crippen LogP contribution in [0, 0.1) is 5.92 Å². The van der Waals surface area contributed by atoms with Crippen LogP contribution < -0.4 is 15.4 Å². The number of methoxy groups -OCH3 is 1. The van der Waals surface area contributed by atoms with E-state index in [9.17, 15) is 31.5 Å². The zero-order chi connectivity index (χ0) is 30.0. The first-order valence-electron chi connectivity index (χ1n) is 12.9. The average molecular weight is 609 g/mol. The van der Waals surface area contributed by atoms with Gasteiger partial charge in [0.25, 0.3) is 5.91 Å². The van der Waals surface area contributed by atoms with E-state index in [1.54, 1.807) is 13.8 Å². The van der Waals surface area contributed by atoms with E-state index in [0.29, 0.717) is 37.8 Å². The summed E-state index contributed by atoms with van der Waals surface area (Å²) in [5.41, 5.74) is -0.533. The fourth-order valence-electron chi connectivity index (χ4n) is 4.72. The molecule has 1 saturated carbocycles. The molecule has 224 valence electrons. The lowest BCUT2D eigenvalue weighted by Gasteiger charge is -2.27. The van der Waals surface area contributed by atoms with Gasteiger partial charge in [0.15, 0.2) is 5.69 Å². The zero-order valence-corrected chi connectivity index (χ0v) is 24.7. The summed E-state index contributed by atoms with van der Waals surface area (Å²) < 4.78 is 69.6. The van der Waals surface area contributed by atoms with E-state index in [0.717, 1.165) is 6.92 Å². The normalized spacial score (nSPS) is 19.2. The van der Waals surface area contributed by atoms with Crippen LogP contribution >= 0.6 is 11.6 Å². The smallest absolute Gasteiger partial charge is 0.408 e. The van der Waals surface area contributed by atoms with Gasteiger partial charge in [0.05, 0.1) is 35.2 Å². The van der Waals surface area contributed by atoms with Gasteiger partial charge in [0, 0.05) is 30.1 Å². The second kappa shape index (κ2) is 12.2. The summed E-state index contributed by atoms with van der Waals surface area (Å²) in [6.45, 7) is 4.39. The van der Waals surface area contributed by atoms with Crippen LogP contribution in [0.15, 0.2) is 18.2 Å². The number of aromatic nitrogens is 2. The summed E-state index contributed by atoms with van der Waals surface area (Å²) in [6.07, 6.45) is -0.807. The maximum absolute atomic E-state index is 13.1. The van der Waals surface area contributed by atoms with Crippen molar-refractivity contribution in [1.29, 1.82) is 0 Å². The Balaban J connectivity index is 1.87. The van der Waals surface area contributed by atoms with Crippen molar-refractivity contribution in [3.63, 3.8) is 0 Å². The standard InChI is InChI=1S/C26H36ClF3N4O5S/c1-15(26(28,29)30)32-17-8-11-19(20(12-17)39-4)23-21(27)22(33-34(23)14-25(2,3)36)24(35)31-13-16-6-9-18(10-7-16)40(5,37)38/h8,11-12,15-16,18,32,36H,6-7,9-10,13-14H2,1-5H3,(H,31,35)/t15-,16?,18?/m1/s1. The van der Waals surface area contributed by atoms with Gasteiger partial charge in [-0.05, 0) is 64.5 Å². The number of benzene rings is 1. The predicted molar refractivity (Wildman–Crippen MR) is 148 cm³/mol. The van der Waals surface area contributed by atoms with Crippen molar-refractivity contribution in [2.75, 3.05) is 25.2 Å². The summed E-state index contributed by atoms with van der Waals surface area (Å²) in [4.78, 5) is 13.1. The number of nitrogens with one attached hydrogen (secondary N) is 2. The number of hydrogen-bond acceptors (Lipinski definition) is 7. The van der Waals surface area contributed by atoms with Gasteiger partial charge in [0.2, 0.25) is 0 Å². The first-order chi connectivity index (χ1) is 18.4. The van der Waals surface area contributed by atoms with Crippen molar-refractivity contribution in [3.8, 4) is 17.0 Å². The number of amides is 1. The number of ether oxygens (including phenoxy) is 1. The molecule has 2 aromatic rings. The number of rotatable bonds is 10. The number of aliphatic hydroxyl groups is 1. The van der Waals surface area contributed by atoms with Crippen LogP contribution in [-0.2, 0) is 16.4 Å². The zero-order valence-electron chi connectivity index (χ0n) is 23.1. The van der Waals surface area contributed by atoms with Gasteiger partial charge in [-0.3, -0.25) is 9.48 Å². The summed E-state index contributed by atoms with van der Waals surface area (Å²) in [6, 6.07) is 2.53. The number of halogens is 4. The minimum absolute atomic E-state index is 0.00907. The minimum Gasteiger partial charge on any atom is -0.496 e. The molecule has 0 bridgehead atoms. The van der Waals surface area contributed by atoms with Gasteiger partial charge in [0.1, 0.15) is 21.6 Å². The second-order valence-corrected chi connectivity index (χ2v) is 13.7. The molecule has 1 heterocycles. The maximum Gasteiger partial charge on any atom is 0.408 e. The number of anilines is 1. The summed E-state index contributed by atoms with van der Waals surface area (Å²) in [5.74, 6) is -0.243. The first kappa shape index (κ1) is 32.0. The van der Waals surface area contributed by atoms with Crippen LogP contribution in [0.5, 0.6) is 5.75 Å². The molecule has 0 radical (unpaired) electrons. The second-order valence-electron chi connectivity index (χ2n) is 11.0. The van der Waals surface area contributed by atoms with Crippen molar-refractivity contribution < 1.29 is 36.2 Å². The molecule has 1 aliphatic carbocycles. The third kappa shape index (κ3) is 8.03. The largest absolute Gasteiger partial charge is 0.496 e. The Hall–Kier alpha value is -2.51. The van der Waals surface area contributed by atoms with Crippen molar-refractivity contribution in [2.24, 2.45) is 5.92 Å². The molecular formula is C26H36ClF3N4O5S. The maximum atomic E-state index is 13.1. The van der Waals surface area contributed by atoms with Crippen LogP contribution in [0.3, 0.4) is 0 Å². The van der Waals surface area contributed by atoms with Crippen molar-refractivity contribution >= 4 is 33.0 Å². The fraction of sp³-hybridized carbons (Fsp3) is 0.615. The highest BCUT2D eigenvalue weighted by molar-refractivity contribution is 7.91. The molecular weight excluding hydrogens is 573 g/mol. The topological polar surface area (TPSA) is 123 Å². The highest BCUT2D eigenvalue weighted by Gasteiger charge is 2.36. The van der Waals surface area contributed by atoms with Gasteiger partial charge < -0.3 is 20.5 Å². The Labute approximate surface area is 237 Å². The van der Waals surface area contributed by atoms with Crippen LogP contribution in [0.25, 0.3) is 11.3 Å². The minimum atomic E-state index is -4.45. The van der Waals surface area contributed by atoms with E-state index in [-0.39, 0.29) is 45.6 Å². The van der Waals surface area contributed by atoms with E-state index in [4.69, 9.17) is 16.3 Å². The predicted octanol–water partition coefficient (Wildman–Crippen LogP) is 4.68. The number of nitrogens with zero attached hydrogens (tertiary/aromatic N) is 2. The molecule has 14 heteroatoms. The number of alkyl halides is 3. The Kier molecular flexibility index (Phi) is 9.73. The SMILES string of the molecule is COc1cc(N[C@H](C)C(F)(F)F)ccc1-c1c(Cl)c(C(=O)NCC2CCC(S(C)(=O)=O)CC2)nn1CC(C)(C)O. The molecule has 0 spiro atoms. The molecule has 0 aliphatic heterocycles. The van der Waals surface area contributed by atoms with Crippen molar-refractivity contribution in [1.82, 2.24) is 15.1 Å². The Morgan fingerprint density at radius 3 is 2.40 bits per heavy atom. The number of carbonyl (C=O) groups excluding carboxylic acids is 1. The molecule has 40 heavy (non-hydrogen) atoms. The molecule has 3 rings (SSSR count). The number of hydrogen-bond donors (Lipinski definition) is 3. The molecule has 1 aromatic carbocycles. The van der Waals surface area contributed by atoms with Gasteiger partial charge in [-0.1, -0.05) is 11.6 Å². The molecule has 0 saturated heterocycles. The lowest BCUT2D eigenvalue weighted by molar-refractivity contribution is -0.138. The van der Waals surface area contributed by atoms with E-state index in [2.05, 4.69) is 15.7 Å². The molecule has 1 aliphatic rings. The Morgan fingerprint density at radius 2 is 1.88 bits per heavy atom. The van der Waals surface area contributed by atoms with Crippen LogP contribution in [0.2, 0.25) is 5.02 Å². The molecule has 1 fully saturated rings. The molecule has 0 unspecified atom stereocenters. The van der Waals surface area contributed by atoms with E-state index in [1.807, 2.05) is 0 Å². The van der Waals surface area contributed by atoms with Crippen molar-refractivity contribution in [2.45, 2.75) is 76.1 Å². The van der Waals surface area contributed by atoms with Crippen molar-refractivity contribution in [3.05, 3.63) is 28.9 Å². The quantitative estimate of drug-likeness (QED) is 0.358. The van der Waals surface area contributed by atoms with E-state index >= 15 is 0 Å². The van der Waals surface area contributed by atoms with Gasteiger partial charge >= 0.3 is 6.18 Å². The number of sulfone groups is 1. The molecule has 1 atom stereocenters. The lowest BCUT2D eigenvalue weighted by Crippen LogP contribution is -2.34. The van der Waals surface area contributed by atoms with Gasteiger partial charge in [-0.2, -0.15) is 18.3 Å². The van der Waals surface area contributed by atoms with Crippen LogP contribution in [0.1, 0.15) is 56.9 Å². The third-order valence-electron chi connectivity index (χ3n) is 6.93. The average Bonchev–Trinajstić information content (AvgIpc) is 3.15. The number of carbonyl (C=O) groups is 1. The van der Waals surface area contributed by atoms with E-state index in [1.165, 1.54) is 36.2 Å². The van der Waals surface area contributed by atoms with E-state index < -0.39 is 33.6 Å². The molecule has 9 nitrogen and oxygen atoms in total. The summed E-state index contributed by atoms with van der Waals surface area (Å²) >= 11 is 6.68. The Morgan fingerprint density at radius 1 is 1.25 bits per heavy atom. The van der Waals surface area contributed by atoms with Gasteiger partial charge in [-0.15, -0.1) is 0 Å². The Bertz CT molecular complexity index is 1320. The first-order valence-corrected chi connectivity index (χ1v) is 15.2. The molecule has 1 amide bonds. The highest BCUT2D eigenvalue weighted by atomic mass is 35.5. The van der Waals surface area contributed by atoms with Crippen LogP contribution in [0.4, 0.5) is 18.9 Å². The van der Waals surface area contributed by atoms with Crippen LogP contribution in [-0.4, -0.2) is 72.2 Å². The highest BCUT2D eigenvalue weighted by Crippen LogP contribution is 2.39. The third-order valence-corrected chi connectivity index (χ3v) is 8.97. The molecule has 3 N–H and O–H groups in total. The summed E-state index contributed by atoms with van der Waals surface area (Å²) in [7, 11) is -1.74.